The lowest BCUT2D eigenvalue weighted by Gasteiger charge is -2.12. The second-order valence-electron chi connectivity index (χ2n) is 3.65. The monoisotopic (exact) mass is 341 g/mol. The molecule has 0 unspecified atom stereocenters. The van der Waals surface area contributed by atoms with Gasteiger partial charge in [-0.1, -0.05) is 11.6 Å². The average Bonchev–Trinajstić information content (AvgIpc) is 2.36. The summed E-state index contributed by atoms with van der Waals surface area (Å²) >= 11 is 11.2. The van der Waals surface area contributed by atoms with Gasteiger partial charge in [-0.2, -0.15) is 4.98 Å². The summed E-state index contributed by atoms with van der Waals surface area (Å²) in [6, 6.07) is 3.32. The third-order valence-electron chi connectivity index (χ3n) is 2.14. The van der Waals surface area contributed by atoms with Crippen LogP contribution in [0.15, 0.2) is 24.4 Å². The number of nitrogens with one attached hydrogen (secondary N) is 1. The molecular weight excluding hydrogens is 337 g/mol. The molecule has 1 N–H and O–H groups in total. The second-order valence-corrected chi connectivity index (χ2v) is 4.40. The van der Waals surface area contributed by atoms with Crippen molar-refractivity contribution in [3.63, 3.8) is 0 Å². The highest BCUT2D eigenvalue weighted by atomic mass is 35.5. The Morgan fingerprint density at radius 3 is 2.52 bits per heavy atom. The average molecular weight is 342 g/mol. The molecule has 0 aliphatic rings. The summed E-state index contributed by atoms with van der Waals surface area (Å²) in [4.78, 5) is 7.01. The van der Waals surface area contributed by atoms with Gasteiger partial charge in [0.05, 0.1) is 11.2 Å². The molecule has 0 saturated heterocycles. The van der Waals surface area contributed by atoms with Gasteiger partial charge in [0.2, 0.25) is 5.28 Å². The maximum Gasteiger partial charge on any atom is 0.573 e. The van der Waals surface area contributed by atoms with Crippen LogP contribution in [0.2, 0.25) is 10.3 Å². The lowest BCUT2D eigenvalue weighted by Crippen LogP contribution is -2.17. The smallest absolute Gasteiger partial charge is 0.404 e. The number of halogens is 6. The van der Waals surface area contributed by atoms with Crippen molar-refractivity contribution in [3.05, 3.63) is 40.5 Å². The molecule has 0 atom stereocenters. The van der Waals surface area contributed by atoms with Crippen molar-refractivity contribution in [1.82, 2.24) is 9.97 Å². The highest BCUT2D eigenvalue weighted by Crippen LogP contribution is 2.33. The summed E-state index contributed by atoms with van der Waals surface area (Å²) in [6.45, 7) is 0. The van der Waals surface area contributed by atoms with Gasteiger partial charge in [0, 0.05) is 5.69 Å². The van der Waals surface area contributed by atoms with Gasteiger partial charge in [-0.05, 0) is 29.8 Å². The molecule has 2 aromatic rings. The van der Waals surface area contributed by atoms with Crippen LogP contribution in [-0.4, -0.2) is 16.3 Å². The van der Waals surface area contributed by atoms with Crippen molar-refractivity contribution in [2.24, 2.45) is 0 Å². The number of rotatable bonds is 3. The topological polar surface area (TPSA) is 47.0 Å². The zero-order valence-corrected chi connectivity index (χ0v) is 11.4. The first-order chi connectivity index (χ1) is 9.74. The van der Waals surface area contributed by atoms with Crippen LogP contribution >= 0.6 is 23.2 Å². The Hall–Kier alpha value is -1.80. The standard InChI is InChI=1S/C11H5Cl2F4N3O/c12-6-3-5(1-2-8(6)21-11(15,16)17)19-9-7(14)4-18-10(13)20-9/h1-4H,(H,18,19,20). The Labute approximate surface area is 125 Å². The maximum absolute atomic E-state index is 13.4. The van der Waals surface area contributed by atoms with E-state index in [0.29, 0.717) is 0 Å². The van der Waals surface area contributed by atoms with Crippen molar-refractivity contribution in [2.75, 3.05) is 5.32 Å². The lowest BCUT2D eigenvalue weighted by atomic mass is 10.3. The maximum atomic E-state index is 13.4. The van der Waals surface area contributed by atoms with Crippen LogP contribution in [0, 0.1) is 5.82 Å². The first kappa shape index (κ1) is 15.6. The molecule has 21 heavy (non-hydrogen) atoms. The molecule has 112 valence electrons. The zero-order valence-electron chi connectivity index (χ0n) is 9.88. The molecule has 0 fully saturated rings. The van der Waals surface area contributed by atoms with Gasteiger partial charge in [0.25, 0.3) is 0 Å². The summed E-state index contributed by atoms with van der Waals surface area (Å²) in [5.41, 5.74) is 0.197. The van der Waals surface area contributed by atoms with Crippen LogP contribution < -0.4 is 10.1 Å². The van der Waals surface area contributed by atoms with Gasteiger partial charge in [0.1, 0.15) is 5.75 Å². The van der Waals surface area contributed by atoms with Crippen molar-refractivity contribution in [3.8, 4) is 5.75 Å². The Balaban J connectivity index is 2.22. The highest BCUT2D eigenvalue weighted by Gasteiger charge is 2.32. The molecule has 2 rings (SSSR count). The van der Waals surface area contributed by atoms with Gasteiger partial charge >= 0.3 is 6.36 Å². The molecule has 0 spiro atoms. The molecule has 1 heterocycles. The van der Waals surface area contributed by atoms with Crippen LogP contribution in [0.4, 0.5) is 29.1 Å². The summed E-state index contributed by atoms with van der Waals surface area (Å²) in [5.74, 6) is -1.60. The van der Waals surface area contributed by atoms with E-state index >= 15 is 0 Å². The summed E-state index contributed by atoms with van der Waals surface area (Å²) in [6.07, 6.45) is -4.01. The predicted octanol–water partition coefficient (Wildman–Crippen LogP) is 4.56. The molecule has 0 bridgehead atoms. The van der Waals surface area contributed by atoms with E-state index < -0.39 is 17.9 Å². The van der Waals surface area contributed by atoms with E-state index in [4.69, 9.17) is 23.2 Å². The first-order valence-corrected chi connectivity index (χ1v) is 6.00. The number of alkyl halides is 3. The van der Waals surface area contributed by atoms with E-state index in [9.17, 15) is 17.6 Å². The number of ether oxygens (including phenoxy) is 1. The third kappa shape index (κ3) is 4.33. The number of anilines is 2. The number of nitrogens with zero attached hydrogens (tertiary/aromatic N) is 2. The lowest BCUT2D eigenvalue weighted by molar-refractivity contribution is -0.274. The molecule has 0 amide bonds. The van der Waals surface area contributed by atoms with Gasteiger partial charge in [-0.15, -0.1) is 13.2 Å². The third-order valence-corrected chi connectivity index (χ3v) is 2.61. The van der Waals surface area contributed by atoms with Gasteiger partial charge in [0.15, 0.2) is 11.6 Å². The Morgan fingerprint density at radius 1 is 1.19 bits per heavy atom. The number of hydrogen-bond acceptors (Lipinski definition) is 4. The van der Waals surface area contributed by atoms with E-state index in [1.165, 1.54) is 6.07 Å². The van der Waals surface area contributed by atoms with E-state index in [1.54, 1.807) is 0 Å². The summed E-state index contributed by atoms with van der Waals surface area (Å²) < 4.78 is 53.4. The van der Waals surface area contributed by atoms with E-state index in [-0.39, 0.29) is 21.8 Å². The van der Waals surface area contributed by atoms with Crippen LogP contribution in [-0.2, 0) is 0 Å². The zero-order chi connectivity index (χ0) is 15.6. The van der Waals surface area contributed by atoms with Crippen LogP contribution in [0.25, 0.3) is 0 Å². The first-order valence-electron chi connectivity index (χ1n) is 5.25. The van der Waals surface area contributed by atoms with Gasteiger partial charge < -0.3 is 10.1 Å². The van der Waals surface area contributed by atoms with Crippen molar-refractivity contribution < 1.29 is 22.3 Å². The van der Waals surface area contributed by atoms with E-state index in [1.807, 2.05) is 0 Å². The molecule has 0 radical (unpaired) electrons. The fourth-order valence-electron chi connectivity index (χ4n) is 1.36. The molecular formula is C11H5Cl2F4N3O. The Morgan fingerprint density at radius 2 is 1.90 bits per heavy atom. The molecule has 10 heteroatoms. The minimum Gasteiger partial charge on any atom is -0.404 e. The molecule has 0 aliphatic heterocycles. The van der Waals surface area contributed by atoms with E-state index in [0.717, 1.165) is 18.3 Å². The largest absolute Gasteiger partial charge is 0.573 e. The molecule has 4 nitrogen and oxygen atoms in total. The fourth-order valence-corrected chi connectivity index (χ4v) is 1.71. The van der Waals surface area contributed by atoms with Crippen LogP contribution in [0.5, 0.6) is 5.75 Å². The minimum atomic E-state index is -4.86. The number of benzene rings is 1. The Bertz CT molecular complexity index is 666. The number of hydrogen-bond donors (Lipinski definition) is 1. The molecule has 0 aliphatic carbocycles. The second kappa shape index (κ2) is 5.90. The van der Waals surface area contributed by atoms with Crippen LogP contribution in [0.3, 0.4) is 0 Å². The molecule has 1 aromatic heterocycles. The quantitative estimate of drug-likeness (QED) is 0.656. The normalized spacial score (nSPS) is 11.3. The minimum absolute atomic E-state index is 0.193. The van der Waals surface area contributed by atoms with Crippen molar-refractivity contribution in [1.29, 1.82) is 0 Å². The van der Waals surface area contributed by atoms with Crippen LogP contribution in [0.1, 0.15) is 0 Å². The van der Waals surface area contributed by atoms with Crippen molar-refractivity contribution in [2.45, 2.75) is 6.36 Å². The van der Waals surface area contributed by atoms with Crippen molar-refractivity contribution >= 4 is 34.7 Å². The number of aromatic nitrogens is 2. The summed E-state index contributed by atoms with van der Waals surface area (Å²) in [7, 11) is 0. The highest BCUT2D eigenvalue weighted by molar-refractivity contribution is 6.32. The Kier molecular flexibility index (Phi) is 4.38. The van der Waals surface area contributed by atoms with Gasteiger partial charge in [-0.3, -0.25) is 0 Å². The summed E-state index contributed by atoms with van der Waals surface area (Å²) in [5, 5.41) is 2.01. The molecule has 0 saturated carbocycles. The predicted molar refractivity (Wildman–Crippen MR) is 68.4 cm³/mol. The molecule has 1 aromatic carbocycles. The fraction of sp³-hybridized carbons (Fsp3) is 0.0909. The van der Waals surface area contributed by atoms with Gasteiger partial charge in [-0.25, -0.2) is 9.37 Å². The SMILES string of the molecule is Fc1cnc(Cl)nc1Nc1ccc(OC(F)(F)F)c(Cl)c1. The van der Waals surface area contributed by atoms with E-state index in [2.05, 4.69) is 20.0 Å².